The second-order valence-electron chi connectivity index (χ2n) is 7.10. The van der Waals surface area contributed by atoms with Gasteiger partial charge in [-0.3, -0.25) is 4.79 Å². The fourth-order valence-electron chi connectivity index (χ4n) is 4.23. The number of carbonyl (C=O) groups excluding carboxylic acids is 1. The van der Waals surface area contributed by atoms with Crippen LogP contribution in [0, 0.1) is 5.41 Å². The zero-order valence-corrected chi connectivity index (χ0v) is 14.5. The van der Waals surface area contributed by atoms with Gasteiger partial charge in [0.2, 0.25) is 5.91 Å². The van der Waals surface area contributed by atoms with E-state index in [1.807, 2.05) is 41.3 Å². The number of benzene rings is 2. The zero-order valence-electron chi connectivity index (χ0n) is 13.8. The molecule has 4 nitrogen and oxygen atoms in total. The number of aliphatic hydroxyl groups is 2. The highest BCUT2D eigenvalue weighted by atomic mass is 35.5. The van der Waals surface area contributed by atoms with Crippen LogP contribution in [0.1, 0.15) is 35.0 Å². The Bertz CT molecular complexity index is 818. The maximum atomic E-state index is 13.1. The van der Waals surface area contributed by atoms with Crippen molar-refractivity contribution in [3.63, 3.8) is 0 Å². The van der Waals surface area contributed by atoms with Crippen molar-refractivity contribution in [2.45, 2.75) is 32.1 Å². The lowest BCUT2D eigenvalue weighted by Gasteiger charge is -2.23. The molecule has 1 unspecified atom stereocenters. The van der Waals surface area contributed by atoms with Crippen LogP contribution >= 0.6 is 11.6 Å². The largest absolute Gasteiger partial charge is 0.364 e. The van der Waals surface area contributed by atoms with E-state index in [1.54, 1.807) is 6.07 Å². The molecule has 1 aliphatic heterocycles. The number of fused-ring (bicyclic) bond motifs is 1. The molecule has 0 bridgehead atoms. The molecular formula is C20H20ClNO3. The Morgan fingerprint density at radius 2 is 1.88 bits per heavy atom. The Hall–Kier alpha value is -1.88. The van der Waals surface area contributed by atoms with Crippen LogP contribution in [-0.4, -0.2) is 27.6 Å². The maximum Gasteiger partial charge on any atom is 0.229 e. The van der Waals surface area contributed by atoms with E-state index in [4.69, 9.17) is 11.6 Å². The maximum absolute atomic E-state index is 13.1. The molecule has 2 aromatic rings. The third-order valence-corrected chi connectivity index (χ3v) is 5.77. The van der Waals surface area contributed by atoms with Gasteiger partial charge in [0.05, 0.1) is 5.41 Å². The molecule has 2 N–H and O–H groups in total. The first-order chi connectivity index (χ1) is 12.0. The molecule has 25 heavy (non-hydrogen) atoms. The summed E-state index contributed by atoms with van der Waals surface area (Å²) in [5.41, 5.74) is 3.15. The predicted octanol–water partition coefficient (Wildman–Crippen LogP) is 2.84. The molecule has 1 saturated heterocycles. The van der Waals surface area contributed by atoms with Gasteiger partial charge in [0.25, 0.3) is 0 Å². The minimum Gasteiger partial charge on any atom is -0.364 e. The second-order valence-corrected chi connectivity index (χ2v) is 7.53. The third kappa shape index (κ3) is 2.84. The molecule has 5 heteroatoms. The van der Waals surface area contributed by atoms with Crippen molar-refractivity contribution < 1.29 is 15.0 Å². The Labute approximate surface area is 151 Å². The lowest BCUT2D eigenvalue weighted by molar-refractivity contribution is -0.136. The van der Waals surface area contributed by atoms with Crippen LogP contribution in [0.5, 0.6) is 0 Å². The van der Waals surface area contributed by atoms with Crippen molar-refractivity contribution in [3.8, 4) is 0 Å². The normalized spacial score (nSPS) is 22.2. The quantitative estimate of drug-likeness (QED) is 0.830. The van der Waals surface area contributed by atoms with Gasteiger partial charge >= 0.3 is 0 Å². The van der Waals surface area contributed by atoms with Crippen molar-refractivity contribution in [1.82, 2.24) is 4.90 Å². The summed E-state index contributed by atoms with van der Waals surface area (Å²) < 4.78 is 0. The second kappa shape index (κ2) is 6.13. The summed E-state index contributed by atoms with van der Waals surface area (Å²) in [4.78, 5) is 15.0. The van der Waals surface area contributed by atoms with Crippen LogP contribution in [0.15, 0.2) is 42.5 Å². The van der Waals surface area contributed by atoms with Gasteiger partial charge in [-0.05, 0) is 48.1 Å². The van der Waals surface area contributed by atoms with E-state index in [9.17, 15) is 15.0 Å². The fourth-order valence-corrected chi connectivity index (χ4v) is 4.35. The van der Waals surface area contributed by atoms with Crippen LogP contribution < -0.4 is 0 Å². The topological polar surface area (TPSA) is 60.8 Å². The molecular weight excluding hydrogens is 338 g/mol. The van der Waals surface area contributed by atoms with Crippen LogP contribution in [0.4, 0.5) is 0 Å². The van der Waals surface area contributed by atoms with Crippen molar-refractivity contribution in [2.24, 2.45) is 5.41 Å². The molecule has 1 heterocycles. The van der Waals surface area contributed by atoms with Crippen molar-refractivity contribution >= 4 is 17.5 Å². The number of carbonyl (C=O) groups is 1. The van der Waals surface area contributed by atoms with Crippen LogP contribution in [-0.2, 0) is 24.2 Å². The SMILES string of the molecule is O=C1N(Cc2ccc(Cl)cc2)CCC12Cc1cccc(C(O)O)c1C2. The number of hydrogen-bond acceptors (Lipinski definition) is 3. The van der Waals surface area contributed by atoms with Gasteiger partial charge < -0.3 is 15.1 Å². The molecule has 0 radical (unpaired) electrons. The average Bonchev–Trinajstić information content (AvgIpc) is 3.11. The van der Waals surface area contributed by atoms with E-state index in [0.29, 0.717) is 30.0 Å². The minimum atomic E-state index is -1.49. The van der Waals surface area contributed by atoms with Gasteiger partial charge in [-0.1, -0.05) is 41.9 Å². The summed E-state index contributed by atoms with van der Waals surface area (Å²) >= 11 is 5.93. The number of hydrogen-bond donors (Lipinski definition) is 2. The highest BCUT2D eigenvalue weighted by molar-refractivity contribution is 6.30. The summed E-state index contributed by atoms with van der Waals surface area (Å²) in [5.74, 6) is 0.164. The molecule has 1 amide bonds. The standard InChI is InChI=1S/C20H20ClNO3/c21-15-6-4-13(5-7-15)12-22-9-8-20(19(22)25)10-14-2-1-3-16(18(23)24)17(14)11-20/h1-7,18,23-24H,8-12H2. The summed E-state index contributed by atoms with van der Waals surface area (Å²) in [7, 11) is 0. The molecule has 0 aromatic heterocycles. The molecule has 1 spiro atoms. The van der Waals surface area contributed by atoms with Gasteiger partial charge in [0, 0.05) is 23.7 Å². The lowest BCUT2D eigenvalue weighted by atomic mass is 9.83. The molecule has 1 fully saturated rings. The van der Waals surface area contributed by atoms with Gasteiger partial charge in [-0.2, -0.15) is 0 Å². The van der Waals surface area contributed by atoms with E-state index < -0.39 is 11.7 Å². The van der Waals surface area contributed by atoms with Crippen LogP contribution in [0.3, 0.4) is 0 Å². The number of aliphatic hydroxyl groups excluding tert-OH is 1. The first kappa shape index (κ1) is 16.6. The first-order valence-corrected chi connectivity index (χ1v) is 8.87. The van der Waals surface area contributed by atoms with E-state index in [1.165, 1.54) is 0 Å². The highest BCUT2D eigenvalue weighted by Gasteiger charge is 2.50. The van der Waals surface area contributed by atoms with Crippen molar-refractivity contribution in [3.05, 3.63) is 69.7 Å². The smallest absolute Gasteiger partial charge is 0.229 e. The molecule has 0 saturated carbocycles. The van der Waals surface area contributed by atoms with Gasteiger partial charge in [-0.25, -0.2) is 0 Å². The fraction of sp³-hybridized carbons (Fsp3) is 0.350. The van der Waals surface area contributed by atoms with Gasteiger partial charge in [0.15, 0.2) is 6.29 Å². The number of likely N-dealkylation sites (tertiary alicyclic amines) is 1. The summed E-state index contributed by atoms with van der Waals surface area (Å²) in [6.07, 6.45) is 0.576. The predicted molar refractivity (Wildman–Crippen MR) is 94.9 cm³/mol. The first-order valence-electron chi connectivity index (χ1n) is 8.49. The van der Waals surface area contributed by atoms with E-state index in [0.717, 1.165) is 29.7 Å². The Morgan fingerprint density at radius 3 is 2.60 bits per heavy atom. The average molecular weight is 358 g/mol. The molecule has 2 aliphatic rings. The van der Waals surface area contributed by atoms with Gasteiger partial charge in [0.1, 0.15) is 0 Å². The zero-order chi connectivity index (χ0) is 17.6. The minimum absolute atomic E-state index is 0.164. The third-order valence-electron chi connectivity index (χ3n) is 5.52. The summed E-state index contributed by atoms with van der Waals surface area (Å²) in [6.45, 7) is 1.32. The monoisotopic (exact) mass is 357 g/mol. The lowest BCUT2D eigenvalue weighted by Crippen LogP contribution is -2.35. The number of halogens is 1. The van der Waals surface area contributed by atoms with Crippen molar-refractivity contribution in [2.75, 3.05) is 6.54 Å². The van der Waals surface area contributed by atoms with Crippen LogP contribution in [0.2, 0.25) is 5.02 Å². The molecule has 4 rings (SSSR count). The number of nitrogens with zero attached hydrogens (tertiary/aromatic N) is 1. The Balaban J connectivity index is 1.56. The Kier molecular flexibility index (Phi) is 4.07. The number of amides is 1. The summed E-state index contributed by atoms with van der Waals surface area (Å²) in [6, 6.07) is 13.1. The molecule has 130 valence electrons. The van der Waals surface area contributed by atoms with Crippen LogP contribution in [0.25, 0.3) is 0 Å². The van der Waals surface area contributed by atoms with E-state index in [-0.39, 0.29) is 5.91 Å². The molecule has 1 aliphatic carbocycles. The summed E-state index contributed by atoms with van der Waals surface area (Å²) in [5, 5.41) is 19.9. The Morgan fingerprint density at radius 1 is 1.12 bits per heavy atom. The molecule has 2 aromatic carbocycles. The number of rotatable bonds is 3. The highest BCUT2D eigenvalue weighted by Crippen LogP contribution is 2.46. The molecule has 1 atom stereocenters. The van der Waals surface area contributed by atoms with Crippen molar-refractivity contribution in [1.29, 1.82) is 0 Å². The van der Waals surface area contributed by atoms with E-state index in [2.05, 4.69) is 0 Å². The van der Waals surface area contributed by atoms with E-state index >= 15 is 0 Å². The van der Waals surface area contributed by atoms with Gasteiger partial charge in [-0.15, -0.1) is 0 Å².